The second-order valence-corrected chi connectivity index (χ2v) is 6.06. The quantitative estimate of drug-likeness (QED) is 0.913. The van der Waals surface area contributed by atoms with E-state index in [1.54, 1.807) is 6.07 Å². The molecule has 1 atom stereocenters. The average Bonchev–Trinajstić information content (AvgIpc) is 2.38. The molecule has 0 aromatic heterocycles. The SMILES string of the molecule is CSC1CCN(c2ccc([C@@H](C)N)cc2F)CC1. The Morgan fingerprint density at radius 1 is 1.39 bits per heavy atom. The van der Waals surface area contributed by atoms with Gasteiger partial charge in [0.05, 0.1) is 5.69 Å². The van der Waals surface area contributed by atoms with Crippen LogP contribution in [0.1, 0.15) is 31.4 Å². The normalized spacial score (nSPS) is 19.0. The lowest BCUT2D eigenvalue weighted by atomic mass is 10.1. The van der Waals surface area contributed by atoms with Crippen molar-refractivity contribution in [3.05, 3.63) is 29.6 Å². The summed E-state index contributed by atoms with van der Waals surface area (Å²) in [5.74, 6) is -0.146. The van der Waals surface area contributed by atoms with E-state index in [1.165, 1.54) is 0 Å². The summed E-state index contributed by atoms with van der Waals surface area (Å²) in [6.45, 7) is 3.76. The summed E-state index contributed by atoms with van der Waals surface area (Å²) >= 11 is 1.92. The molecule has 0 aliphatic carbocycles. The molecule has 1 saturated heterocycles. The van der Waals surface area contributed by atoms with E-state index in [0.717, 1.165) is 42.4 Å². The summed E-state index contributed by atoms with van der Waals surface area (Å²) < 4.78 is 14.1. The molecule has 1 aromatic carbocycles. The van der Waals surface area contributed by atoms with Gasteiger partial charge in [0.25, 0.3) is 0 Å². The fourth-order valence-corrected chi connectivity index (χ4v) is 3.08. The van der Waals surface area contributed by atoms with Gasteiger partial charge in [-0.05, 0) is 43.7 Å². The predicted octanol–water partition coefficient (Wildman–Crippen LogP) is 3.18. The highest BCUT2D eigenvalue weighted by Gasteiger charge is 2.20. The highest BCUT2D eigenvalue weighted by molar-refractivity contribution is 7.99. The molecule has 18 heavy (non-hydrogen) atoms. The molecule has 1 aromatic rings. The Labute approximate surface area is 113 Å². The third-order valence-electron chi connectivity index (χ3n) is 3.61. The molecule has 0 bridgehead atoms. The lowest BCUT2D eigenvalue weighted by molar-refractivity contribution is 0.565. The van der Waals surface area contributed by atoms with E-state index in [1.807, 2.05) is 30.8 Å². The zero-order chi connectivity index (χ0) is 13.1. The number of halogens is 1. The fraction of sp³-hybridized carbons (Fsp3) is 0.571. The van der Waals surface area contributed by atoms with E-state index < -0.39 is 0 Å². The lowest BCUT2D eigenvalue weighted by Gasteiger charge is -2.33. The molecular formula is C14H21FN2S. The molecule has 1 aliphatic heterocycles. The first kappa shape index (κ1) is 13.7. The molecule has 0 radical (unpaired) electrons. The zero-order valence-corrected chi connectivity index (χ0v) is 11.8. The Morgan fingerprint density at radius 2 is 2.06 bits per heavy atom. The first-order valence-electron chi connectivity index (χ1n) is 6.44. The van der Waals surface area contributed by atoms with Crippen molar-refractivity contribution in [1.82, 2.24) is 0 Å². The molecule has 1 fully saturated rings. The molecular weight excluding hydrogens is 247 g/mol. The molecule has 2 N–H and O–H groups in total. The zero-order valence-electron chi connectivity index (χ0n) is 11.0. The van der Waals surface area contributed by atoms with E-state index >= 15 is 0 Å². The van der Waals surface area contributed by atoms with Gasteiger partial charge in [-0.15, -0.1) is 0 Å². The van der Waals surface area contributed by atoms with Gasteiger partial charge in [-0.25, -0.2) is 4.39 Å². The van der Waals surface area contributed by atoms with E-state index in [9.17, 15) is 4.39 Å². The van der Waals surface area contributed by atoms with Gasteiger partial charge >= 0.3 is 0 Å². The number of piperidine rings is 1. The number of hydrogen-bond acceptors (Lipinski definition) is 3. The highest BCUT2D eigenvalue weighted by Crippen LogP contribution is 2.28. The van der Waals surface area contributed by atoms with E-state index in [4.69, 9.17) is 5.73 Å². The monoisotopic (exact) mass is 268 g/mol. The van der Waals surface area contributed by atoms with Crippen molar-refractivity contribution in [2.75, 3.05) is 24.2 Å². The first-order chi connectivity index (χ1) is 8.61. The van der Waals surface area contributed by atoms with E-state index in [-0.39, 0.29) is 11.9 Å². The van der Waals surface area contributed by atoms with Gasteiger partial charge in [-0.1, -0.05) is 6.07 Å². The van der Waals surface area contributed by atoms with Crippen molar-refractivity contribution in [3.63, 3.8) is 0 Å². The number of benzene rings is 1. The van der Waals surface area contributed by atoms with Crippen LogP contribution < -0.4 is 10.6 Å². The van der Waals surface area contributed by atoms with Gasteiger partial charge in [0.1, 0.15) is 5.82 Å². The number of nitrogens with two attached hydrogens (primary N) is 1. The maximum atomic E-state index is 14.1. The van der Waals surface area contributed by atoms with Crippen LogP contribution in [0.2, 0.25) is 0 Å². The summed E-state index contributed by atoms with van der Waals surface area (Å²) in [6, 6.07) is 5.26. The minimum Gasteiger partial charge on any atom is -0.369 e. The van der Waals surface area contributed by atoms with Crippen molar-refractivity contribution >= 4 is 17.4 Å². The second-order valence-electron chi connectivity index (χ2n) is 4.92. The minimum atomic E-state index is -0.146. The molecule has 0 saturated carbocycles. The van der Waals surface area contributed by atoms with Gasteiger partial charge in [-0.3, -0.25) is 0 Å². The predicted molar refractivity (Wildman–Crippen MR) is 77.8 cm³/mol. The summed E-state index contributed by atoms with van der Waals surface area (Å²) in [5, 5.41) is 0.729. The average molecular weight is 268 g/mol. The van der Waals surface area contributed by atoms with Crippen LogP contribution in [-0.2, 0) is 0 Å². The standard InChI is InChI=1S/C14H21FN2S/c1-10(16)11-3-4-14(13(15)9-11)17-7-5-12(18-2)6-8-17/h3-4,9-10,12H,5-8,16H2,1-2H3/t10-/m1/s1. The number of anilines is 1. The maximum Gasteiger partial charge on any atom is 0.146 e. The summed E-state index contributed by atoms with van der Waals surface area (Å²) in [5.41, 5.74) is 7.34. The fourth-order valence-electron chi connectivity index (χ4n) is 2.40. The third kappa shape index (κ3) is 2.98. The van der Waals surface area contributed by atoms with Crippen LogP contribution in [0.3, 0.4) is 0 Å². The molecule has 2 rings (SSSR count). The van der Waals surface area contributed by atoms with Gasteiger partial charge in [-0.2, -0.15) is 11.8 Å². The second kappa shape index (κ2) is 5.93. The van der Waals surface area contributed by atoms with Crippen LogP contribution in [-0.4, -0.2) is 24.6 Å². The van der Waals surface area contributed by atoms with Crippen LogP contribution in [0.15, 0.2) is 18.2 Å². The van der Waals surface area contributed by atoms with Crippen molar-refractivity contribution < 1.29 is 4.39 Å². The van der Waals surface area contributed by atoms with Gasteiger partial charge < -0.3 is 10.6 Å². The Hall–Kier alpha value is -0.740. The molecule has 100 valence electrons. The summed E-state index contributed by atoms with van der Waals surface area (Å²) in [4.78, 5) is 2.15. The van der Waals surface area contributed by atoms with Crippen LogP contribution in [0.5, 0.6) is 0 Å². The number of nitrogens with zero attached hydrogens (tertiary/aromatic N) is 1. The lowest BCUT2D eigenvalue weighted by Crippen LogP contribution is -2.35. The Kier molecular flexibility index (Phi) is 4.51. The Morgan fingerprint density at radius 3 is 2.56 bits per heavy atom. The largest absolute Gasteiger partial charge is 0.369 e. The van der Waals surface area contributed by atoms with Crippen LogP contribution >= 0.6 is 11.8 Å². The van der Waals surface area contributed by atoms with Crippen molar-refractivity contribution in [2.24, 2.45) is 5.73 Å². The van der Waals surface area contributed by atoms with Crippen molar-refractivity contribution in [1.29, 1.82) is 0 Å². The molecule has 1 aliphatic rings. The Bertz CT molecular complexity index is 401. The Balaban J connectivity index is 2.10. The van der Waals surface area contributed by atoms with Crippen LogP contribution in [0.4, 0.5) is 10.1 Å². The topological polar surface area (TPSA) is 29.3 Å². The minimum absolute atomic E-state index is 0.115. The highest BCUT2D eigenvalue weighted by atomic mass is 32.2. The van der Waals surface area contributed by atoms with Crippen LogP contribution in [0.25, 0.3) is 0 Å². The number of hydrogen-bond donors (Lipinski definition) is 1. The van der Waals surface area contributed by atoms with Gasteiger partial charge in [0.2, 0.25) is 0 Å². The van der Waals surface area contributed by atoms with Crippen LogP contribution in [0, 0.1) is 5.82 Å². The van der Waals surface area contributed by atoms with Crippen molar-refractivity contribution in [3.8, 4) is 0 Å². The van der Waals surface area contributed by atoms with E-state index in [0.29, 0.717) is 0 Å². The van der Waals surface area contributed by atoms with E-state index in [2.05, 4.69) is 11.2 Å². The number of rotatable bonds is 3. The molecule has 0 spiro atoms. The maximum absolute atomic E-state index is 14.1. The molecule has 4 heteroatoms. The molecule has 1 heterocycles. The summed E-state index contributed by atoms with van der Waals surface area (Å²) in [6.07, 6.45) is 4.42. The third-order valence-corrected chi connectivity index (χ3v) is 4.75. The number of thioether (sulfide) groups is 1. The van der Waals surface area contributed by atoms with Crippen molar-refractivity contribution in [2.45, 2.75) is 31.1 Å². The molecule has 0 unspecified atom stereocenters. The molecule has 2 nitrogen and oxygen atoms in total. The van der Waals surface area contributed by atoms with Gasteiger partial charge in [0.15, 0.2) is 0 Å². The summed E-state index contributed by atoms with van der Waals surface area (Å²) in [7, 11) is 0. The van der Waals surface area contributed by atoms with Gasteiger partial charge in [0, 0.05) is 24.4 Å². The molecule has 0 amide bonds. The first-order valence-corrected chi connectivity index (χ1v) is 7.73. The smallest absolute Gasteiger partial charge is 0.146 e.